The number of allylic oxidation sites excluding steroid dienone is 2. The molecule has 0 amide bonds. The second-order valence-electron chi connectivity index (χ2n) is 1.86. The molecule has 0 saturated heterocycles. The van der Waals surface area contributed by atoms with E-state index in [1.807, 2.05) is 6.08 Å². The molecule has 56 valence electrons. The summed E-state index contributed by atoms with van der Waals surface area (Å²) in [5.41, 5.74) is 1.74. The number of halogens is 1. The lowest BCUT2D eigenvalue weighted by Gasteiger charge is -1.85. The largest absolute Gasteiger partial charge is 0.158 e. The first-order valence-electron chi connectivity index (χ1n) is 2.85. The van der Waals surface area contributed by atoms with Crippen LogP contribution in [-0.4, -0.2) is 12.4 Å². The molecule has 0 aromatic heterocycles. The minimum atomic E-state index is 0. The van der Waals surface area contributed by atoms with Crippen molar-refractivity contribution in [2.24, 2.45) is 20.4 Å². The molecule has 2 aliphatic heterocycles. The molecule has 0 radical (unpaired) electrons. The van der Waals surface area contributed by atoms with Crippen molar-refractivity contribution in [3.05, 3.63) is 23.5 Å². The van der Waals surface area contributed by atoms with Crippen LogP contribution in [0.3, 0.4) is 0 Å². The summed E-state index contributed by atoms with van der Waals surface area (Å²) in [5, 5.41) is 14.8. The van der Waals surface area contributed by atoms with Crippen LogP contribution in [0.2, 0.25) is 0 Å². The highest BCUT2D eigenvalue weighted by Gasteiger charge is 2.04. The molecule has 0 bridgehead atoms. The third-order valence-electron chi connectivity index (χ3n) is 1.22. The van der Waals surface area contributed by atoms with Gasteiger partial charge in [-0.15, -0.1) is 12.4 Å². The normalized spacial score (nSPS) is 18.2. The molecule has 0 saturated carbocycles. The fraction of sp³-hybridized carbons (Fsp3) is 0. The fourth-order valence-electron chi connectivity index (χ4n) is 0.743. The number of azo groups is 1. The van der Waals surface area contributed by atoms with Gasteiger partial charge in [0, 0.05) is 5.57 Å². The minimum absolute atomic E-state index is 0. The minimum Gasteiger partial charge on any atom is -0.158 e. The average molecular weight is 169 g/mol. The molecule has 0 N–H and O–H groups in total. The van der Waals surface area contributed by atoms with E-state index in [0.29, 0.717) is 0 Å². The van der Waals surface area contributed by atoms with Crippen LogP contribution in [0.15, 0.2) is 44.0 Å². The van der Waals surface area contributed by atoms with Gasteiger partial charge in [0.05, 0.1) is 24.3 Å². The van der Waals surface area contributed by atoms with Crippen molar-refractivity contribution in [3.63, 3.8) is 0 Å². The van der Waals surface area contributed by atoms with Crippen LogP contribution < -0.4 is 0 Å². The molecule has 2 rings (SSSR count). The molecule has 2 aliphatic rings. The van der Waals surface area contributed by atoms with E-state index in [9.17, 15) is 0 Å². The van der Waals surface area contributed by atoms with Gasteiger partial charge in [0.15, 0.2) is 0 Å². The monoisotopic (exact) mass is 168 g/mol. The van der Waals surface area contributed by atoms with Gasteiger partial charge in [-0.2, -0.15) is 20.4 Å². The fourth-order valence-corrected chi connectivity index (χ4v) is 0.743. The molecule has 2 heterocycles. The van der Waals surface area contributed by atoms with E-state index >= 15 is 0 Å². The van der Waals surface area contributed by atoms with Gasteiger partial charge >= 0.3 is 0 Å². The van der Waals surface area contributed by atoms with Gasteiger partial charge in [-0.3, -0.25) is 0 Å². The number of nitrogens with zero attached hydrogens (tertiary/aromatic N) is 4. The summed E-state index contributed by atoms with van der Waals surface area (Å²) in [6.45, 7) is 0. The Labute approximate surface area is 69.5 Å². The predicted molar refractivity (Wildman–Crippen MR) is 45.3 cm³/mol. The Morgan fingerprint density at radius 3 is 2.36 bits per heavy atom. The van der Waals surface area contributed by atoms with Gasteiger partial charge in [0.25, 0.3) is 0 Å². The van der Waals surface area contributed by atoms with E-state index in [4.69, 9.17) is 0 Å². The molecule has 0 aliphatic carbocycles. The summed E-state index contributed by atoms with van der Waals surface area (Å²) in [6.07, 6.45) is 6.77. The van der Waals surface area contributed by atoms with Gasteiger partial charge in [0.2, 0.25) is 0 Å². The predicted octanol–water partition coefficient (Wildman–Crippen LogP) is 1.71. The van der Waals surface area contributed by atoms with Crippen molar-refractivity contribution < 1.29 is 0 Å². The second kappa shape index (κ2) is 3.21. The zero-order valence-corrected chi connectivity index (χ0v) is 6.32. The van der Waals surface area contributed by atoms with Crippen molar-refractivity contribution >= 4 is 24.8 Å². The molecule has 0 fully saturated rings. The van der Waals surface area contributed by atoms with E-state index in [0.717, 1.165) is 11.3 Å². The molecule has 0 unspecified atom stereocenters. The SMILES string of the molecule is C1=CC(=C2C=NN=C2)N=N1.Cl. The molecular formula is C6H5ClN4. The molecule has 11 heavy (non-hydrogen) atoms. The third-order valence-corrected chi connectivity index (χ3v) is 1.22. The Balaban J connectivity index is 0.000000605. The highest BCUT2D eigenvalue weighted by atomic mass is 35.5. The summed E-state index contributed by atoms with van der Waals surface area (Å²) >= 11 is 0. The quantitative estimate of drug-likeness (QED) is 0.529. The lowest BCUT2D eigenvalue weighted by molar-refractivity contribution is 1.23. The molecular weight excluding hydrogens is 164 g/mol. The van der Waals surface area contributed by atoms with Gasteiger partial charge in [-0.25, -0.2) is 0 Å². The summed E-state index contributed by atoms with van der Waals surface area (Å²) in [7, 11) is 0. The Morgan fingerprint density at radius 2 is 1.82 bits per heavy atom. The first-order chi connectivity index (χ1) is 4.97. The Morgan fingerprint density at radius 1 is 1.09 bits per heavy atom. The summed E-state index contributed by atoms with van der Waals surface area (Å²) in [6, 6.07) is 0. The Bertz CT molecular complexity index is 240. The van der Waals surface area contributed by atoms with Crippen LogP contribution in [0.1, 0.15) is 0 Å². The van der Waals surface area contributed by atoms with Gasteiger partial charge < -0.3 is 0 Å². The van der Waals surface area contributed by atoms with E-state index in [1.165, 1.54) is 0 Å². The van der Waals surface area contributed by atoms with E-state index < -0.39 is 0 Å². The molecule has 5 heteroatoms. The van der Waals surface area contributed by atoms with Crippen LogP contribution in [0.5, 0.6) is 0 Å². The van der Waals surface area contributed by atoms with Gasteiger partial charge in [-0.1, -0.05) is 0 Å². The summed E-state index contributed by atoms with van der Waals surface area (Å²) in [5.74, 6) is 0. The highest BCUT2D eigenvalue weighted by molar-refractivity contribution is 6.07. The van der Waals surface area contributed by atoms with Gasteiger partial charge in [-0.05, 0) is 6.08 Å². The van der Waals surface area contributed by atoms with Crippen molar-refractivity contribution in [2.75, 3.05) is 0 Å². The van der Waals surface area contributed by atoms with Crippen LogP contribution in [-0.2, 0) is 0 Å². The Kier molecular flexibility index (Phi) is 2.28. The average Bonchev–Trinajstić information content (AvgIpc) is 2.59. The van der Waals surface area contributed by atoms with Crippen molar-refractivity contribution in [1.82, 2.24) is 0 Å². The highest BCUT2D eigenvalue weighted by Crippen LogP contribution is 2.13. The smallest absolute Gasteiger partial charge is 0.0977 e. The third kappa shape index (κ3) is 1.40. The van der Waals surface area contributed by atoms with Crippen molar-refractivity contribution in [2.45, 2.75) is 0 Å². The molecule has 0 aromatic carbocycles. The summed E-state index contributed by atoms with van der Waals surface area (Å²) in [4.78, 5) is 0. The first kappa shape index (κ1) is 7.81. The van der Waals surface area contributed by atoms with Crippen molar-refractivity contribution in [1.29, 1.82) is 0 Å². The van der Waals surface area contributed by atoms with Crippen LogP contribution >= 0.6 is 12.4 Å². The zero-order valence-electron chi connectivity index (χ0n) is 5.51. The zero-order chi connectivity index (χ0) is 6.81. The lowest BCUT2D eigenvalue weighted by atomic mass is 10.2. The number of hydrogen-bond donors (Lipinski definition) is 0. The van der Waals surface area contributed by atoms with E-state index in [-0.39, 0.29) is 12.4 Å². The standard InChI is InChI=1S/C6H4N4.ClH/c1-2-7-10-6(1)5-3-8-9-4-5;/h1-4H;1H. The maximum Gasteiger partial charge on any atom is 0.0977 e. The first-order valence-corrected chi connectivity index (χ1v) is 2.85. The molecule has 0 aromatic rings. The second-order valence-corrected chi connectivity index (χ2v) is 1.86. The maximum absolute atomic E-state index is 3.83. The molecule has 0 spiro atoms. The van der Waals surface area contributed by atoms with E-state index in [2.05, 4.69) is 20.4 Å². The maximum atomic E-state index is 3.83. The van der Waals surface area contributed by atoms with Crippen LogP contribution in [0.25, 0.3) is 0 Å². The van der Waals surface area contributed by atoms with Crippen LogP contribution in [0, 0.1) is 0 Å². The van der Waals surface area contributed by atoms with E-state index in [1.54, 1.807) is 18.6 Å². The number of rotatable bonds is 0. The lowest BCUT2D eigenvalue weighted by Crippen LogP contribution is -1.83. The molecule has 4 nitrogen and oxygen atoms in total. The topological polar surface area (TPSA) is 49.4 Å². The van der Waals surface area contributed by atoms with Gasteiger partial charge in [0.1, 0.15) is 0 Å². The molecule has 0 atom stereocenters. The summed E-state index contributed by atoms with van der Waals surface area (Å²) < 4.78 is 0. The van der Waals surface area contributed by atoms with Crippen LogP contribution in [0.4, 0.5) is 0 Å². The number of hydrogen-bond acceptors (Lipinski definition) is 4. The Hall–Kier alpha value is -1.29. The van der Waals surface area contributed by atoms with Crippen molar-refractivity contribution in [3.8, 4) is 0 Å².